The SMILES string of the molecule is Cc1ncsc1-c1ccc([C@H](C)NC(=O)[C@@H]2C[C@@H](OC(=O)Oc3ccc([N+](=O)[O-])cc3)CN2C(=O)OC(C)(C)C)cc1. The number of non-ortho nitro benzene ring substituents is 1. The first-order chi connectivity index (χ1) is 19.8. The molecule has 1 aromatic heterocycles. The van der Waals surface area contributed by atoms with Gasteiger partial charge in [0.2, 0.25) is 5.91 Å². The Labute approximate surface area is 246 Å². The second-order valence-corrected chi connectivity index (χ2v) is 11.7. The number of hydrogen-bond acceptors (Lipinski definition) is 10. The minimum atomic E-state index is -1.07. The number of hydrogen-bond donors (Lipinski definition) is 1. The monoisotopic (exact) mass is 596 g/mol. The van der Waals surface area contributed by atoms with Crippen LogP contribution in [0.1, 0.15) is 51.4 Å². The van der Waals surface area contributed by atoms with Crippen molar-refractivity contribution < 1.29 is 33.5 Å². The van der Waals surface area contributed by atoms with Crippen LogP contribution in [0.15, 0.2) is 54.0 Å². The maximum Gasteiger partial charge on any atom is 0.514 e. The van der Waals surface area contributed by atoms with Gasteiger partial charge in [-0.2, -0.15) is 0 Å². The summed E-state index contributed by atoms with van der Waals surface area (Å²) in [6.45, 7) is 8.85. The highest BCUT2D eigenvalue weighted by molar-refractivity contribution is 7.13. The van der Waals surface area contributed by atoms with Crippen LogP contribution in [0.2, 0.25) is 0 Å². The summed E-state index contributed by atoms with van der Waals surface area (Å²) in [5, 5.41) is 13.8. The molecule has 12 nitrogen and oxygen atoms in total. The highest BCUT2D eigenvalue weighted by Gasteiger charge is 2.43. The number of benzene rings is 2. The number of amides is 2. The van der Waals surface area contributed by atoms with E-state index >= 15 is 0 Å². The summed E-state index contributed by atoms with van der Waals surface area (Å²) < 4.78 is 16.0. The molecule has 0 aliphatic carbocycles. The normalized spacial score (nSPS) is 17.3. The van der Waals surface area contributed by atoms with Gasteiger partial charge in [0.05, 0.1) is 33.6 Å². The van der Waals surface area contributed by atoms with Crippen molar-refractivity contribution in [2.24, 2.45) is 0 Å². The molecule has 0 bridgehead atoms. The minimum Gasteiger partial charge on any atom is -0.444 e. The summed E-state index contributed by atoms with van der Waals surface area (Å²) in [5.41, 5.74) is 3.68. The van der Waals surface area contributed by atoms with Gasteiger partial charge in [0.15, 0.2) is 0 Å². The van der Waals surface area contributed by atoms with Gasteiger partial charge in [-0.3, -0.25) is 19.8 Å². The summed E-state index contributed by atoms with van der Waals surface area (Å²) in [5.74, 6) is -0.377. The number of thiazole rings is 1. The molecule has 222 valence electrons. The van der Waals surface area contributed by atoms with E-state index in [-0.39, 0.29) is 30.4 Å². The zero-order valence-corrected chi connectivity index (χ0v) is 24.7. The van der Waals surface area contributed by atoms with Gasteiger partial charge in [-0.15, -0.1) is 11.3 Å². The Balaban J connectivity index is 1.42. The standard InChI is InChI=1S/C29H32N4O8S/c1-17(19-6-8-20(9-7-19)25-18(2)30-16-42-25)31-26(34)24-14-23(15-32(24)27(35)41-29(3,4)5)40-28(36)39-22-12-10-21(11-13-22)33(37)38/h6-13,16-17,23-24H,14-15H2,1-5H3,(H,31,34)/t17-,23+,24-/m0/s1. The van der Waals surface area contributed by atoms with E-state index in [0.717, 1.165) is 21.7 Å². The average Bonchev–Trinajstić information content (AvgIpc) is 3.54. The number of nitro groups is 1. The number of rotatable bonds is 7. The van der Waals surface area contributed by atoms with Crippen molar-refractivity contribution in [2.45, 2.75) is 64.8 Å². The molecule has 1 fully saturated rings. The number of carbonyl (C=O) groups excluding carboxylic acids is 3. The largest absolute Gasteiger partial charge is 0.514 e. The second kappa shape index (κ2) is 12.6. The molecule has 0 saturated carbocycles. The Morgan fingerprint density at radius 1 is 1.12 bits per heavy atom. The fraction of sp³-hybridized carbons (Fsp3) is 0.379. The number of aromatic nitrogens is 1. The Morgan fingerprint density at radius 3 is 2.36 bits per heavy atom. The highest BCUT2D eigenvalue weighted by atomic mass is 32.1. The molecule has 4 rings (SSSR count). The summed E-state index contributed by atoms with van der Waals surface area (Å²) in [7, 11) is 0. The van der Waals surface area contributed by atoms with Crippen LogP contribution < -0.4 is 10.1 Å². The Bertz CT molecular complexity index is 1450. The predicted molar refractivity (Wildman–Crippen MR) is 154 cm³/mol. The Hall–Kier alpha value is -4.52. The van der Waals surface area contributed by atoms with Crippen molar-refractivity contribution in [1.82, 2.24) is 15.2 Å². The molecule has 42 heavy (non-hydrogen) atoms. The lowest BCUT2D eigenvalue weighted by molar-refractivity contribution is -0.384. The quantitative estimate of drug-likeness (QED) is 0.154. The molecule has 2 amide bonds. The van der Waals surface area contributed by atoms with Gasteiger partial charge in [0.25, 0.3) is 5.69 Å². The van der Waals surface area contributed by atoms with E-state index in [1.807, 2.05) is 38.1 Å². The van der Waals surface area contributed by atoms with Crippen LogP contribution in [0, 0.1) is 17.0 Å². The fourth-order valence-corrected chi connectivity index (χ4v) is 5.25. The van der Waals surface area contributed by atoms with E-state index in [4.69, 9.17) is 14.2 Å². The number of ether oxygens (including phenoxy) is 3. The van der Waals surface area contributed by atoms with Crippen molar-refractivity contribution in [1.29, 1.82) is 0 Å². The number of nitrogens with one attached hydrogen (secondary N) is 1. The van der Waals surface area contributed by atoms with Gasteiger partial charge < -0.3 is 19.5 Å². The molecular formula is C29H32N4O8S. The summed E-state index contributed by atoms with van der Waals surface area (Å²) >= 11 is 1.56. The van der Waals surface area contributed by atoms with Gasteiger partial charge >= 0.3 is 12.2 Å². The first-order valence-electron chi connectivity index (χ1n) is 13.2. The van der Waals surface area contributed by atoms with Crippen LogP contribution in [0.25, 0.3) is 10.4 Å². The van der Waals surface area contributed by atoms with Crippen LogP contribution in [-0.2, 0) is 14.3 Å². The third-order valence-electron chi connectivity index (χ3n) is 6.48. The van der Waals surface area contributed by atoms with Crippen molar-refractivity contribution in [3.63, 3.8) is 0 Å². The lowest BCUT2D eigenvalue weighted by atomic mass is 10.0. The third-order valence-corrected chi connectivity index (χ3v) is 7.46. The first kappa shape index (κ1) is 30.4. The molecule has 13 heteroatoms. The molecule has 2 heterocycles. The van der Waals surface area contributed by atoms with Crippen molar-refractivity contribution in [2.75, 3.05) is 6.54 Å². The molecule has 1 saturated heterocycles. The number of aryl methyl sites for hydroxylation is 1. The molecule has 0 unspecified atom stereocenters. The number of carbonyl (C=O) groups is 3. The average molecular weight is 597 g/mol. The van der Waals surface area contributed by atoms with Gasteiger partial charge in [0.1, 0.15) is 23.5 Å². The highest BCUT2D eigenvalue weighted by Crippen LogP contribution is 2.29. The van der Waals surface area contributed by atoms with E-state index in [2.05, 4.69) is 10.3 Å². The third kappa shape index (κ3) is 7.60. The van der Waals surface area contributed by atoms with Gasteiger partial charge in [-0.1, -0.05) is 24.3 Å². The van der Waals surface area contributed by atoms with Crippen molar-refractivity contribution in [3.05, 3.63) is 75.4 Å². The molecule has 2 aromatic carbocycles. The maximum absolute atomic E-state index is 13.4. The molecule has 0 radical (unpaired) electrons. The zero-order valence-electron chi connectivity index (χ0n) is 23.9. The van der Waals surface area contributed by atoms with Crippen LogP contribution in [0.4, 0.5) is 15.3 Å². The molecule has 3 aromatic rings. The Morgan fingerprint density at radius 2 is 1.79 bits per heavy atom. The lowest BCUT2D eigenvalue weighted by Gasteiger charge is -2.28. The number of nitro benzene ring substituents is 1. The van der Waals surface area contributed by atoms with E-state index in [1.54, 1.807) is 37.6 Å². The topological polar surface area (TPSA) is 150 Å². The van der Waals surface area contributed by atoms with Crippen molar-refractivity contribution in [3.8, 4) is 16.2 Å². The fourth-order valence-electron chi connectivity index (χ4n) is 4.44. The first-order valence-corrected chi connectivity index (χ1v) is 14.1. The minimum absolute atomic E-state index is 0.0246. The summed E-state index contributed by atoms with van der Waals surface area (Å²) in [6.07, 6.45) is -2.61. The maximum atomic E-state index is 13.4. The summed E-state index contributed by atoms with van der Waals surface area (Å²) in [6, 6.07) is 11.4. The predicted octanol–water partition coefficient (Wildman–Crippen LogP) is 5.80. The number of nitrogens with zero attached hydrogens (tertiary/aromatic N) is 3. The van der Waals surface area contributed by atoms with Crippen LogP contribution in [-0.4, -0.2) is 57.3 Å². The van der Waals surface area contributed by atoms with E-state index < -0.39 is 40.8 Å². The van der Waals surface area contributed by atoms with E-state index in [1.165, 1.54) is 29.2 Å². The van der Waals surface area contributed by atoms with Gasteiger partial charge in [-0.05, 0) is 57.9 Å². The molecular weight excluding hydrogens is 564 g/mol. The van der Waals surface area contributed by atoms with Crippen LogP contribution in [0.3, 0.4) is 0 Å². The zero-order chi connectivity index (χ0) is 30.6. The molecule has 0 spiro atoms. The lowest BCUT2D eigenvalue weighted by Crippen LogP contribution is -2.48. The number of likely N-dealkylation sites (tertiary alicyclic amines) is 1. The molecule has 1 N–H and O–H groups in total. The Kier molecular flexibility index (Phi) is 9.10. The van der Waals surface area contributed by atoms with E-state index in [9.17, 15) is 24.5 Å². The molecule has 1 aliphatic rings. The van der Waals surface area contributed by atoms with Gasteiger partial charge in [-0.25, -0.2) is 14.6 Å². The van der Waals surface area contributed by atoms with Crippen LogP contribution >= 0.6 is 11.3 Å². The molecule has 1 aliphatic heterocycles. The van der Waals surface area contributed by atoms with Gasteiger partial charge in [0, 0.05) is 18.6 Å². The van der Waals surface area contributed by atoms with Crippen molar-refractivity contribution >= 4 is 35.2 Å². The summed E-state index contributed by atoms with van der Waals surface area (Å²) in [4.78, 5) is 55.8. The second-order valence-electron chi connectivity index (χ2n) is 10.8. The smallest absolute Gasteiger partial charge is 0.444 e. The van der Waals surface area contributed by atoms with Crippen LogP contribution in [0.5, 0.6) is 5.75 Å². The van der Waals surface area contributed by atoms with E-state index in [0.29, 0.717) is 0 Å². The molecule has 3 atom stereocenters.